The standard InChI is InChI=1S/C12H14BrN3O2/c1-3-9-12(18)15-11(17)6-16(9)10-4-7(2)8(13)5-14-10/h4-5,9H,3,6H2,1-2H3,(H,15,17,18). The molecule has 5 nitrogen and oxygen atoms in total. The summed E-state index contributed by atoms with van der Waals surface area (Å²) >= 11 is 3.38. The van der Waals surface area contributed by atoms with Crippen LogP contribution in [0.3, 0.4) is 0 Å². The number of aryl methyl sites for hydroxylation is 1. The summed E-state index contributed by atoms with van der Waals surface area (Å²) in [7, 11) is 0. The summed E-state index contributed by atoms with van der Waals surface area (Å²) < 4.78 is 0.909. The lowest BCUT2D eigenvalue weighted by atomic mass is 10.1. The SMILES string of the molecule is CCC1C(=O)NC(=O)CN1c1cc(C)c(Br)cn1. The second-order valence-electron chi connectivity index (χ2n) is 4.26. The predicted molar refractivity (Wildman–Crippen MR) is 71.2 cm³/mol. The molecule has 1 aromatic heterocycles. The Morgan fingerprint density at radius 3 is 2.89 bits per heavy atom. The second kappa shape index (κ2) is 5.06. The van der Waals surface area contributed by atoms with E-state index in [2.05, 4.69) is 26.2 Å². The van der Waals surface area contributed by atoms with Gasteiger partial charge in [0.15, 0.2) is 0 Å². The summed E-state index contributed by atoms with van der Waals surface area (Å²) in [6, 6.07) is 1.54. The van der Waals surface area contributed by atoms with Gasteiger partial charge in [0.05, 0.1) is 6.54 Å². The minimum Gasteiger partial charge on any atom is -0.335 e. The van der Waals surface area contributed by atoms with E-state index in [-0.39, 0.29) is 24.4 Å². The largest absolute Gasteiger partial charge is 0.335 e. The number of amides is 2. The Morgan fingerprint density at radius 1 is 1.56 bits per heavy atom. The quantitative estimate of drug-likeness (QED) is 0.839. The summed E-state index contributed by atoms with van der Waals surface area (Å²) in [4.78, 5) is 29.2. The lowest BCUT2D eigenvalue weighted by molar-refractivity contribution is -0.132. The number of imide groups is 1. The molecule has 1 N–H and O–H groups in total. The van der Waals surface area contributed by atoms with Gasteiger partial charge in [-0.25, -0.2) is 4.98 Å². The fourth-order valence-electron chi connectivity index (χ4n) is 1.99. The number of piperazine rings is 1. The van der Waals surface area contributed by atoms with E-state index in [0.29, 0.717) is 12.2 Å². The van der Waals surface area contributed by atoms with Gasteiger partial charge in [0.1, 0.15) is 11.9 Å². The molecule has 0 saturated carbocycles. The van der Waals surface area contributed by atoms with Crippen LogP contribution in [0.1, 0.15) is 18.9 Å². The van der Waals surface area contributed by atoms with E-state index in [4.69, 9.17) is 0 Å². The van der Waals surface area contributed by atoms with Gasteiger partial charge in [0.25, 0.3) is 0 Å². The van der Waals surface area contributed by atoms with E-state index in [1.165, 1.54) is 0 Å². The molecule has 2 heterocycles. The molecule has 0 radical (unpaired) electrons. The van der Waals surface area contributed by atoms with Crippen LogP contribution in [0.25, 0.3) is 0 Å². The van der Waals surface area contributed by atoms with Crippen molar-refractivity contribution in [2.75, 3.05) is 11.4 Å². The van der Waals surface area contributed by atoms with Gasteiger partial charge < -0.3 is 4.90 Å². The summed E-state index contributed by atoms with van der Waals surface area (Å²) in [5.41, 5.74) is 1.02. The van der Waals surface area contributed by atoms with Crippen molar-refractivity contribution < 1.29 is 9.59 Å². The molecule has 18 heavy (non-hydrogen) atoms. The Hall–Kier alpha value is -1.43. The highest BCUT2D eigenvalue weighted by Crippen LogP contribution is 2.23. The average molecular weight is 312 g/mol. The van der Waals surface area contributed by atoms with Crippen LogP contribution in [0.5, 0.6) is 0 Å². The fourth-order valence-corrected chi connectivity index (χ4v) is 2.21. The number of hydrogen-bond acceptors (Lipinski definition) is 4. The number of pyridine rings is 1. The normalized spacial score (nSPS) is 19.9. The highest BCUT2D eigenvalue weighted by Gasteiger charge is 2.33. The Kier molecular flexibility index (Phi) is 3.65. The van der Waals surface area contributed by atoms with Crippen LogP contribution in [0.2, 0.25) is 0 Å². The van der Waals surface area contributed by atoms with E-state index in [9.17, 15) is 9.59 Å². The molecule has 1 aromatic rings. The molecule has 1 unspecified atom stereocenters. The third kappa shape index (κ3) is 2.38. The molecule has 96 valence electrons. The number of nitrogens with zero attached hydrogens (tertiary/aromatic N) is 2. The summed E-state index contributed by atoms with van der Waals surface area (Å²) in [6.07, 6.45) is 2.32. The summed E-state index contributed by atoms with van der Waals surface area (Å²) in [5.74, 6) is 0.119. The smallest absolute Gasteiger partial charge is 0.249 e. The van der Waals surface area contributed by atoms with Crippen LogP contribution in [-0.4, -0.2) is 29.4 Å². The van der Waals surface area contributed by atoms with E-state index in [1.807, 2.05) is 19.9 Å². The molecule has 0 aliphatic carbocycles. The molecule has 1 atom stereocenters. The minimum absolute atomic E-state index is 0.165. The van der Waals surface area contributed by atoms with Gasteiger partial charge in [-0.15, -0.1) is 0 Å². The number of aromatic nitrogens is 1. The summed E-state index contributed by atoms with van der Waals surface area (Å²) in [6.45, 7) is 4.03. The molecule has 2 amide bonds. The van der Waals surface area contributed by atoms with E-state index in [1.54, 1.807) is 11.1 Å². The third-order valence-electron chi connectivity index (χ3n) is 2.97. The van der Waals surface area contributed by atoms with Crippen LogP contribution in [0.15, 0.2) is 16.7 Å². The lowest BCUT2D eigenvalue weighted by Gasteiger charge is -2.34. The van der Waals surface area contributed by atoms with E-state index < -0.39 is 0 Å². The Bertz CT molecular complexity index is 504. The van der Waals surface area contributed by atoms with Crippen LogP contribution in [0, 0.1) is 6.92 Å². The third-order valence-corrected chi connectivity index (χ3v) is 3.80. The van der Waals surface area contributed by atoms with Crippen molar-refractivity contribution in [3.05, 3.63) is 22.3 Å². The zero-order chi connectivity index (χ0) is 13.3. The highest BCUT2D eigenvalue weighted by molar-refractivity contribution is 9.10. The van der Waals surface area contributed by atoms with Crippen molar-refractivity contribution in [2.45, 2.75) is 26.3 Å². The van der Waals surface area contributed by atoms with Crippen molar-refractivity contribution >= 4 is 33.6 Å². The zero-order valence-electron chi connectivity index (χ0n) is 10.2. The minimum atomic E-state index is -0.337. The first-order valence-electron chi connectivity index (χ1n) is 5.75. The Labute approximate surface area is 114 Å². The monoisotopic (exact) mass is 311 g/mol. The van der Waals surface area contributed by atoms with E-state index in [0.717, 1.165) is 10.0 Å². The number of halogens is 1. The Morgan fingerprint density at radius 2 is 2.28 bits per heavy atom. The molecule has 1 saturated heterocycles. The van der Waals surface area contributed by atoms with Crippen molar-refractivity contribution in [1.82, 2.24) is 10.3 Å². The number of carbonyl (C=O) groups is 2. The van der Waals surface area contributed by atoms with Crippen molar-refractivity contribution in [2.24, 2.45) is 0 Å². The van der Waals surface area contributed by atoms with Crippen LogP contribution in [-0.2, 0) is 9.59 Å². The van der Waals surface area contributed by atoms with Gasteiger partial charge in [0.2, 0.25) is 11.8 Å². The topological polar surface area (TPSA) is 62.3 Å². The fraction of sp³-hybridized carbons (Fsp3) is 0.417. The lowest BCUT2D eigenvalue weighted by Crippen LogP contribution is -2.58. The molecule has 0 bridgehead atoms. The number of hydrogen-bond donors (Lipinski definition) is 1. The van der Waals surface area contributed by atoms with Gasteiger partial charge in [-0.2, -0.15) is 0 Å². The zero-order valence-corrected chi connectivity index (χ0v) is 11.8. The van der Waals surface area contributed by atoms with Crippen LogP contribution >= 0.6 is 15.9 Å². The number of rotatable bonds is 2. The van der Waals surface area contributed by atoms with Crippen molar-refractivity contribution in [3.8, 4) is 0 Å². The first-order valence-corrected chi connectivity index (χ1v) is 6.54. The summed E-state index contributed by atoms with van der Waals surface area (Å²) in [5, 5.41) is 2.35. The first kappa shape index (κ1) is 13.0. The molecule has 2 rings (SSSR count). The number of anilines is 1. The maximum atomic E-state index is 11.8. The molecular weight excluding hydrogens is 298 g/mol. The molecule has 0 spiro atoms. The first-order chi connectivity index (χ1) is 8.52. The van der Waals surface area contributed by atoms with Gasteiger partial charge in [-0.1, -0.05) is 6.92 Å². The van der Waals surface area contributed by atoms with Crippen molar-refractivity contribution in [3.63, 3.8) is 0 Å². The molecule has 1 aliphatic rings. The maximum Gasteiger partial charge on any atom is 0.249 e. The molecule has 1 aliphatic heterocycles. The predicted octanol–water partition coefficient (Wildman–Crippen LogP) is 1.39. The van der Waals surface area contributed by atoms with Crippen LogP contribution in [0.4, 0.5) is 5.82 Å². The van der Waals surface area contributed by atoms with E-state index >= 15 is 0 Å². The molecule has 1 fully saturated rings. The Balaban J connectivity index is 2.36. The molecule has 0 aromatic carbocycles. The van der Waals surface area contributed by atoms with Gasteiger partial charge in [-0.05, 0) is 40.9 Å². The highest BCUT2D eigenvalue weighted by atomic mass is 79.9. The second-order valence-corrected chi connectivity index (χ2v) is 5.11. The number of nitrogens with one attached hydrogen (secondary N) is 1. The molecular formula is C12H14BrN3O2. The van der Waals surface area contributed by atoms with Crippen LogP contribution < -0.4 is 10.2 Å². The van der Waals surface area contributed by atoms with Gasteiger partial charge in [-0.3, -0.25) is 14.9 Å². The van der Waals surface area contributed by atoms with Gasteiger partial charge >= 0.3 is 0 Å². The average Bonchev–Trinajstić information content (AvgIpc) is 2.32. The molecule has 6 heteroatoms. The number of carbonyl (C=O) groups excluding carboxylic acids is 2. The maximum absolute atomic E-state index is 11.8. The van der Waals surface area contributed by atoms with Crippen molar-refractivity contribution in [1.29, 1.82) is 0 Å². The van der Waals surface area contributed by atoms with Gasteiger partial charge in [0, 0.05) is 10.7 Å².